The van der Waals surface area contributed by atoms with E-state index in [1.165, 1.54) is 6.07 Å². The van der Waals surface area contributed by atoms with Crippen molar-refractivity contribution >= 4 is 18.3 Å². The third-order valence-corrected chi connectivity index (χ3v) is 3.93. The molecule has 5 nitrogen and oxygen atoms in total. The van der Waals surface area contributed by atoms with Crippen LogP contribution in [0.25, 0.3) is 5.69 Å². The predicted molar refractivity (Wildman–Crippen MR) is 93.4 cm³/mol. The fraction of sp³-hybridized carbons (Fsp3) is 0.412. The first-order valence-corrected chi connectivity index (χ1v) is 7.79. The lowest BCUT2D eigenvalue weighted by Crippen LogP contribution is -2.45. The Bertz CT molecular complexity index is 752. The first kappa shape index (κ1) is 18.4. The van der Waals surface area contributed by atoms with Gasteiger partial charge in [0.1, 0.15) is 11.5 Å². The van der Waals surface area contributed by atoms with Gasteiger partial charge in [0, 0.05) is 23.3 Å². The van der Waals surface area contributed by atoms with Gasteiger partial charge >= 0.3 is 0 Å². The summed E-state index contributed by atoms with van der Waals surface area (Å²) in [5.41, 5.74) is 8.01. The van der Waals surface area contributed by atoms with Crippen LogP contribution in [0.15, 0.2) is 24.3 Å². The Morgan fingerprint density at radius 2 is 2.08 bits per heavy atom. The molecule has 24 heavy (non-hydrogen) atoms. The summed E-state index contributed by atoms with van der Waals surface area (Å²) in [6, 6.07) is 6.47. The van der Waals surface area contributed by atoms with Gasteiger partial charge in [-0.3, -0.25) is 4.79 Å². The quantitative estimate of drug-likeness (QED) is 0.887. The van der Waals surface area contributed by atoms with E-state index in [-0.39, 0.29) is 24.1 Å². The van der Waals surface area contributed by atoms with Crippen LogP contribution in [0, 0.1) is 5.82 Å². The van der Waals surface area contributed by atoms with Gasteiger partial charge in [-0.25, -0.2) is 9.07 Å². The molecule has 0 fully saturated rings. The molecule has 1 aliphatic carbocycles. The first-order chi connectivity index (χ1) is 10.9. The van der Waals surface area contributed by atoms with Crippen molar-refractivity contribution in [2.75, 3.05) is 6.54 Å². The summed E-state index contributed by atoms with van der Waals surface area (Å²) in [7, 11) is 0. The Kier molecular flexibility index (Phi) is 5.30. The van der Waals surface area contributed by atoms with E-state index in [1.54, 1.807) is 22.9 Å². The number of para-hydroxylation sites is 1. The lowest BCUT2D eigenvalue weighted by atomic mass is 10.1. The van der Waals surface area contributed by atoms with Gasteiger partial charge in [0.2, 0.25) is 0 Å². The molecule has 0 radical (unpaired) electrons. The summed E-state index contributed by atoms with van der Waals surface area (Å²) >= 11 is 0. The zero-order chi connectivity index (χ0) is 16.6. The summed E-state index contributed by atoms with van der Waals surface area (Å²) in [5, 5.41) is 7.20. The number of benzene rings is 1. The molecule has 1 heterocycles. The standard InChI is InChI=1S/C17H21FN4O.ClH/c1-17(2,19)10-20-16(23)15-11-6-5-9-13(11)22(21-15)14-8-4-3-7-12(14)18;/h3-4,7-8H,5-6,9-10,19H2,1-2H3,(H,20,23);1H. The first-order valence-electron chi connectivity index (χ1n) is 7.79. The van der Waals surface area contributed by atoms with Crippen LogP contribution in [0.4, 0.5) is 4.39 Å². The molecule has 0 bridgehead atoms. The summed E-state index contributed by atoms with van der Waals surface area (Å²) in [6.07, 6.45) is 2.54. The van der Waals surface area contributed by atoms with E-state index >= 15 is 0 Å². The van der Waals surface area contributed by atoms with Gasteiger partial charge in [-0.1, -0.05) is 12.1 Å². The fourth-order valence-electron chi connectivity index (χ4n) is 2.83. The lowest BCUT2D eigenvalue weighted by Gasteiger charge is -2.18. The molecule has 1 amide bonds. The molecule has 3 rings (SSSR count). The van der Waals surface area contributed by atoms with Crippen LogP contribution >= 0.6 is 12.4 Å². The monoisotopic (exact) mass is 352 g/mol. The Balaban J connectivity index is 0.00000208. The molecule has 1 aliphatic rings. The summed E-state index contributed by atoms with van der Waals surface area (Å²) < 4.78 is 15.7. The molecule has 0 aliphatic heterocycles. The number of nitrogens with zero attached hydrogens (tertiary/aromatic N) is 2. The van der Waals surface area contributed by atoms with E-state index in [9.17, 15) is 9.18 Å². The van der Waals surface area contributed by atoms with Gasteiger partial charge in [-0.15, -0.1) is 12.4 Å². The number of nitrogens with two attached hydrogens (primary N) is 1. The number of amides is 1. The van der Waals surface area contributed by atoms with Gasteiger partial charge in [-0.05, 0) is 45.2 Å². The number of rotatable bonds is 4. The molecule has 0 saturated carbocycles. The van der Waals surface area contributed by atoms with Gasteiger partial charge < -0.3 is 11.1 Å². The normalized spacial score (nSPS) is 13.3. The minimum atomic E-state index is -0.493. The zero-order valence-corrected chi connectivity index (χ0v) is 14.6. The van der Waals surface area contributed by atoms with Crippen LogP contribution in [0.5, 0.6) is 0 Å². The van der Waals surface area contributed by atoms with Crippen LogP contribution < -0.4 is 11.1 Å². The third-order valence-electron chi connectivity index (χ3n) is 3.93. The number of halogens is 2. The highest BCUT2D eigenvalue weighted by atomic mass is 35.5. The van der Waals surface area contributed by atoms with Crippen molar-refractivity contribution in [2.24, 2.45) is 5.73 Å². The van der Waals surface area contributed by atoms with E-state index in [0.29, 0.717) is 17.9 Å². The minimum Gasteiger partial charge on any atom is -0.349 e. The van der Waals surface area contributed by atoms with Crippen molar-refractivity contribution < 1.29 is 9.18 Å². The van der Waals surface area contributed by atoms with Crippen molar-refractivity contribution in [3.63, 3.8) is 0 Å². The van der Waals surface area contributed by atoms with Gasteiger partial charge in [0.05, 0.1) is 0 Å². The zero-order valence-electron chi connectivity index (χ0n) is 13.8. The molecule has 0 atom stereocenters. The maximum atomic E-state index is 14.1. The SMILES string of the molecule is CC(C)(N)CNC(=O)c1nn(-c2ccccc2F)c2c1CCC2.Cl. The van der Waals surface area contributed by atoms with Gasteiger partial charge in [-0.2, -0.15) is 5.10 Å². The molecular weight excluding hydrogens is 331 g/mol. The largest absolute Gasteiger partial charge is 0.349 e. The van der Waals surface area contributed by atoms with Crippen molar-refractivity contribution in [1.82, 2.24) is 15.1 Å². The number of nitrogens with one attached hydrogen (secondary N) is 1. The Morgan fingerprint density at radius 3 is 2.75 bits per heavy atom. The number of carbonyl (C=O) groups excluding carboxylic acids is 1. The predicted octanol–water partition coefficient (Wildman–Crippen LogP) is 2.39. The van der Waals surface area contributed by atoms with Crippen molar-refractivity contribution in [3.05, 3.63) is 47.0 Å². The second kappa shape index (κ2) is 6.91. The summed E-state index contributed by atoms with van der Waals surface area (Å²) in [6.45, 7) is 4.04. The number of hydrogen-bond donors (Lipinski definition) is 2. The average Bonchev–Trinajstić information content (AvgIpc) is 3.07. The molecule has 0 spiro atoms. The smallest absolute Gasteiger partial charge is 0.272 e. The highest BCUT2D eigenvalue weighted by Crippen LogP contribution is 2.28. The van der Waals surface area contributed by atoms with E-state index in [4.69, 9.17) is 5.73 Å². The number of carbonyl (C=O) groups is 1. The summed E-state index contributed by atoms with van der Waals surface area (Å²) in [5.74, 6) is -0.600. The van der Waals surface area contributed by atoms with Crippen LogP contribution in [-0.4, -0.2) is 27.8 Å². The minimum absolute atomic E-state index is 0. The average molecular weight is 353 g/mol. The maximum absolute atomic E-state index is 14.1. The van der Waals surface area contributed by atoms with Crippen LogP contribution in [0.1, 0.15) is 42.0 Å². The Morgan fingerprint density at radius 1 is 1.38 bits per heavy atom. The topological polar surface area (TPSA) is 72.9 Å². The Labute approximate surface area is 146 Å². The second-order valence-electron chi connectivity index (χ2n) is 6.66. The molecule has 0 saturated heterocycles. The molecule has 130 valence electrons. The number of hydrogen-bond acceptors (Lipinski definition) is 3. The lowest BCUT2D eigenvalue weighted by molar-refractivity contribution is 0.0939. The number of aromatic nitrogens is 2. The molecule has 7 heteroatoms. The Hall–Kier alpha value is -1.92. The van der Waals surface area contributed by atoms with Crippen molar-refractivity contribution in [1.29, 1.82) is 0 Å². The molecule has 0 unspecified atom stereocenters. The van der Waals surface area contributed by atoms with E-state index in [2.05, 4.69) is 10.4 Å². The van der Waals surface area contributed by atoms with Crippen LogP contribution in [0.3, 0.4) is 0 Å². The summed E-state index contributed by atoms with van der Waals surface area (Å²) in [4.78, 5) is 12.4. The van der Waals surface area contributed by atoms with Crippen LogP contribution in [-0.2, 0) is 12.8 Å². The number of fused-ring (bicyclic) bond motifs is 1. The third kappa shape index (κ3) is 3.60. The van der Waals surface area contributed by atoms with E-state index in [0.717, 1.165) is 30.5 Å². The van der Waals surface area contributed by atoms with Crippen LogP contribution in [0.2, 0.25) is 0 Å². The molecule has 1 aromatic carbocycles. The molecule has 2 aromatic rings. The van der Waals surface area contributed by atoms with Gasteiger partial charge in [0.25, 0.3) is 5.91 Å². The van der Waals surface area contributed by atoms with E-state index < -0.39 is 5.54 Å². The van der Waals surface area contributed by atoms with Crippen molar-refractivity contribution in [3.8, 4) is 5.69 Å². The molecule has 1 aromatic heterocycles. The van der Waals surface area contributed by atoms with E-state index in [1.807, 2.05) is 13.8 Å². The molecular formula is C17H22ClFN4O. The highest BCUT2D eigenvalue weighted by Gasteiger charge is 2.28. The second-order valence-corrected chi connectivity index (χ2v) is 6.66. The maximum Gasteiger partial charge on any atom is 0.272 e. The fourth-order valence-corrected chi connectivity index (χ4v) is 2.83. The van der Waals surface area contributed by atoms with Gasteiger partial charge in [0.15, 0.2) is 5.69 Å². The molecule has 3 N–H and O–H groups in total. The van der Waals surface area contributed by atoms with Crippen molar-refractivity contribution in [2.45, 2.75) is 38.6 Å². The highest BCUT2D eigenvalue weighted by molar-refractivity contribution is 5.94.